The Bertz CT molecular complexity index is 707. The Balaban J connectivity index is 2.50. The molecule has 0 amide bonds. The van der Waals surface area contributed by atoms with E-state index in [4.69, 9.17) is 0 Å². The summed E-state index contributed by atoms with van der Waals surface area (Å²) in [4.78, 5) is 2.83. The fraction of sp³-hybridized carbons (Fsp3) is 0.538. The van der Waals surface area contributed by atoms with Crippen molar-refractivity contribution < 1.29 is 0 Å². The Morgan fingerprint density at radius 1 is 0.519 bits per heavy atom. The highest BCUT2D eigenvalue weighted by Gasteiger charge is 2.62. The molecule has 27 heavy (non-hydrogen) atoms. The second-order valence-electron chi connectivity index (χ2n) is 9.49. The van der Waals surface area contributed by atoms with E-state index in [9.17, 15) is 0 Å². The molecule has 0 fully saturated rings. The third kappa shape index (κ3) is 2.50. The molecule has 1 nitrogen and oxygen atoms in total. The summed E-state index contributed by atoms with van der Waals surface area (Å²) in [5.74, 6) is 1.99. The summed E-state index contributed by atoms with van der Waals surface area (Å²) in [6.07, 6.45) is 0. The van der Waals surface area contributed by atoms with Gasteiger partial charge in [-0.1, -0.05) is 97.9 Å². The fourth-order valence-electron chi connectivity index (χ4n) is 6.34. The number of anilines is 1. The predicted molar refractivity (Wildman–Crippen MR) is 118 cm³/mol. The molecule has 1 aliphatic rings. The third-order valence-corrected chi connectivity index (χ3v) is 7.07. The number of hydrogen-bond donors (Lipinski definition) is 0. The largest absolute Gasteiger partial charge is 0.351 e. The molecule has 0 radical (unpaired) electrons. The lowest BCUT2D eigenvalue weighted by Gasteiger charge is -2.56. The van der Waals surface area contributed by atoms with E-state index >= 15 is 0 Å². The van der Waals surface area contributed by atoms with Gasteiger partial charge in [0.05, 0.1) is 11.1 Å². The van der Waals surface area contributed by atoms with Gasteiger partial charge in [-0.2, -0.15) is 0 Å². The van der Waals surface area contributed by atoms with Crippen molar-refractivity contribution >= 4 is 5.69 Å². The van der Waals surface area contributed by atoms with Crippen molar-refractivity contribution in [1.82, 2.24) is 0 Å². The minimum absolute atomic E-state index is 0.0213. The highest BCUT2D eigenvalue weighted by atomic mass is 15.3. The second kappa shape index (κ2) is 7.00. The summed E-state index contributed by atoms with van der Waals surface area (Å²) in [5.41, 5.74) is 4.36. The van der Waals surface area contributed by atoms with Crippen LogP contribution in [0.3, 0.4) is 0 Å². The minimum Gasteiger partial charge on any atom is -0.351 e. The van der Waals surface area contributed by atoms with Gasteiger partial charge in [0.25, 0.3) is 0 Å². The fourth-order valence-corrected chi connectivity index (χ4v) is 6.34. The van der Waals surface area contributed by atoms with Crippen molar-refractivity contribution in [2.45, 2.75) is 66.5 Å². The Kier molecular flexibility index (Phi) is 5.18. The molecule has 0 atom stereocenters. The summed E-state index contributed by atoms with van der Waals surface area (Å²) in [7, 11) is 0. The van der Waals surface area contributed by atoms with Crippen molar-refractivity contribution in [3.05, 3.63) is 65.7 Å². The van der Waals surface area contributed by atoms with E-state index in [1.807, 2.05) is 0 Å². The molecule has 0 saturated heterocycles. The van der Waals surface area contributed by atoms with E-state index in [-0.39, 0.29) is 11.1 Å². The topological polar surface area (TPSA) is 3.24 Å². The zero-order chi connectivity index (χ0) is 20.0. The molecule has 1 heteroatoms. The summed E-state index contributed by atoms with van der Waals surface area (Å²) in [6, 6.07) is 20.4. The van der Waals surface area contributed by atoms with E-state index < -0.39 is 0 Å². The number of hydrogen-bond acceptors (Lipinski definition) is 1. The Hall–Kier alpha value is -1.76. The highest BCUT2D eigenvalue weighted by Crippen LogP contribution is 2.62. The summed E-state index contributed by atoms with van der Waals surface area (Å²) in [6.45, 7) is 19.2. The molecule has 0 spiro atoms. The van der Waals surface area contributed by atoms with Crippen LogP contribution in [-0.2, 0) is 11.1 Å². The van der Waals surface area contributed by atoms with Crippen LogP contribution < -0.4 is 4.90 Å². The lowest BCUT2D eigenvalue weighted by molar-refractivity contribution is 0.129. The quantitative estimate of drug-likeness (QED) is 0.542. The zero-order valence-corrected chi connectivity index (χ0v) is 18.5. The normalized spacial score (nSPS) is 18.0. The summed E-state index contributed by atoms with van der Waals surface area (Å²) in [5, 5.41) is 0. The zero-order valence-electron chi connectivity index (χ0n) is 18.5. The molecule has 1 heterocycles. The number of benzene rings is 2. The summed E-state index contributed by atoms with van der Waals surface area (Å²) < 4.78 is 0. The van der Waals surface area contributed by atoms with Gasteiger partial charge in [-0.05, 0) is 46.9 Å². The van der Waals surface area contributed by atoms with Crippen molar-refractivity contribution in [3.8, 4) is 0 Å². The average molecular weight is 364 g/mol. The van der Waals surface area contributed by atoms with E-state index in [1.54, 1.807) is 0 Å². The molecule has 0 aromatic heterocycles. The first kappa shape index (κ1) is 20.0. The van der Waals surface area contributed by atoms with E-state index in [2.05, 4.69) is 115 Å². The molecule has 2 aromatic rings. The molecule has 0 unspecified atom stereocenters. The van der Waals surface area contributed by atoms with Crippen molar-refractivity contribution in [2.24, 2.45) is 23.7 Å². The van der Waals surface area contributed by atoms with Gasteiger partial charge < -0.3 is 4.90 Å². The molecule has 0 N–H and O–H groups in total. The van der Waals surface area contributed by atoms with Gasteiger partial charge in [0.15, 0.2) is 0 Å². The maximum atomic E-state index is 2.83. The van der Waals surface area contributed by atoms with Gasteiger partial charge in [-0.15, -0.1) is 0 Å². The lowest BCUT2D eigenvalue weighted by atomic mass is 9.71. The number of para-hydroxylation sites is 1. The van der Waals surface area contributed by atoms with Gasteiger partial charge in [0.2, 0.25) is 0 Å². The number of nitrogens with zero attached hydrogens (tertiary/aromatic N) is 1. The third-order valence-electron chi connectivity index (χ3n) is 7.07. The van der Waals surface area contributed by atoms with Crippen molar-refractivity contribution in [1.29, 1.82) is 0 Å². The monoisotopic (exact) mass is 363 g/mol. The van der Waals surface area contributed by atoms with Crippen molar-refractivity contribution in [3.63, 3.8) is 0 Å². The van der Waals surface area contributed by atoms with Crippen LogP contribution in [0.1, 0.15) is 66.5 Å². The van der Waals surface area contributed by atoms with Crippen molar-refractivity contribution in [2.75, 3.05) is 4.90 Å². The van der Waals surface area contributed by atoms with Crippen LogP contribution in [0.5, 0.6) is 0 Å². The predicted octanol–water partition coefficient (Wildman–Crippen LogP) is 7.22. The van der Waals surface area contributed by atoms with Gasteiger partial charge in [0, 0.05) is 5.69 Å². The van der Waals surface area contributed by atoms with Crippen LogP contribution in [0.25, 0.3) is 0 Å². The smallest absolute Gasteiger partial charge is 0.0712 e. The van der Waals surface area contributed by atoms with E-state index in [0.29, 0.717) is 23.7 Å². The Labute approximate surface area is 166 Å². The minimum atomic E-state index is -0.0213. The first-order chi connectivity index (χ1) is 12.7. The average Bonchev–Trinajstić information content (AvgIpc) is 2.91. The van der Waals surface area contributed by atoms with Crippen LogP contribution in [0.4, 0.5) is 5.69 Å². The molecular formula is C26H37N. The SMILES string of the molecule is CC(C)C1(C(C)C)c2ccccc2C(C(C)C)(C(C)C)N1c1ccccc1. The maximum absolute atomic E-state index is 2.83. The molecule has 3 rings (SSSR count). The lowest BCUT2D eigenvalue weighted by Crippen LogP contribution is -2.60. The van der Waals surface area contributed by atoms with Crippen LogP contribution in [0.2, 0.25) is 0 Å². The van der Waals surface area contributed by atoms with E-state index in [0.717, 1.165) is 0 Å². The number of rotatable bonds is 5. The standard InChI is InChI=1S/C26H37N/c1-18(2)25(19(3)4)23-16-12-13-17-24(23)26(20(5)6,21(7)8)27(25)22-14-10-9-11-15-22/h9-21H,1-8H3. The second-order valence-corrected chi connectivity index (χ2v) is 9.49. The molecule has 146 valence electrons. The molecule has 2 aromatic carbocycles. The van der Waals surface area contributed by atoms with Gasteiger partial charge in [0.1, 0.15) is 0 Å². The molecule has 0 bridgehead atoms. The van der Waals surface area contributed by atoms with Crippen LogP contribution in [0.15, 0.2) is 54.6 Å². The number of fused-ring (bicyclic) bond motifs is 1. The molecule has 1 aliphatic heterocycles. The van der Waals surface area contributed by atoms with Crippen LogP contribution in [0, 0.1) is 23.7 Å². The van der Waals surface area contributed by atoms with Gasteiger partial charge in [-0.3, -0.25) is 0 Å². The summed E-state index contributed by atoms with van der Waals surface area (Å²) >= 11 is 0. The first-order valence-electron chi connectivity index (χ1n) is 10.7. The van der Waals surface area contributed by atoms with Gasteiger partial charge in [-0.25, -0.2) is 0 Å². The molecular weight excluding hydrogens is 326 g/mol. The van der Waals surface area contributed by atoms with Crippen LogP contribution >= 0.6 is 0 Å². The first-order valence-corrected chi connectivity index (χ1v) is 10.7. The van der Waals surface area contributed by atoms with Gasteiger partial charge >= 0.3 is 0 Å². The molecule has 0 aliphatic carbocycles. The van der Waals surface area contributed by atoms with E-state index in [1.165, 1.54) is 16.8 Å². The Morgan fingerprint density at radius 2 is 0.852 bits per heavy atom. The Morgan fingerprint density at radius 3 is 1.19 bits per heavy atom. The van der Waals surface area contributed by atoms with Crippen LogP contribution in [-0.4, -0.2) is 0 Å². The molecule has 0 saturated carbocycles. The maximum Gasteiger partial charge on any atom is 0.0712 e. The highest BCUT2D eigenvalue weighted by molar-refractivity contribution is 5.64.